The molecule has 2 aromatic carbocycles. The van der Waals surface area contributed by atoms with Crippen molar-refractivity contribution in [3.63, 3.8) is 0 Å². The summed E-state index contributed by atoms with van der Waals surface area (Å²) in [5.41, 5.74) is 4.83. The number of hydrogen-bond donors (Lipinski definition) is 0. The maximum Gasteiger partial charge on any atom is 0.190 e. The first kappa shape index (κ1) is 17.6. The Morgan fingerprint density at radius 2 is 1.22 bits per heavy atom. The first-order valence-corrected chi connectivity index (χ1v) is 12.7. The predicted molar refractivity (Wildman–Crippen MR) is 131 cm³/mol. The van der Waals surface area contributed by atoms with Crippen LogP contribution in [-0.4, -0.2) is 23.0 Å². The first-order chi connectivity index (χ1) is 15.9. The fourth-order valence-corrected chi connectivity index (χ4v) is 10.8. The average Bonchev–Trinajstić information content (AvgIpc) is 3.16. The van der Waals surface area contributed by atoms with Crippen molar-refractivity contribution in [3.8, 4) is 11.1 Å². The van der Waals surface area contributed by atoms with Crippen LogP contribution in [-0.2, 0) is 0 Å². The second-order valence-electron chi connectivity index (χ2n) is 8.16. The van der Waals surface area contributed by atoms with Crippen molar-refractivity contribution >= 4 is 46.0 Å². The highest BCUT2D eigenvalue weighted by Crippen LogP contribution is 2.39. The van der Waals surface area contributed by atoms with Gasteiger partial charge in [0.25, 0.3) is 0 Å². The lowest BCUT2D eigenvalue weighted by Gasteiger charge is -2.42. The van der Waals surface area contributed by atoms with Gasteiger partial charge in [-0.05, 0) is 68.3 Å². The van der Waals surface area contributed by atoms with Crippen LogP contribution < -0.4 is 25.6 Å². The molecule has 2 aliphatic rings. The zero-order chi connectivity index (χ0) is 21.1. The molecule has 5 heteroatoms. The fraction of sp³-hybridized carbons (Fsp3) is 0. The molecule has 4 nitrogen and oxygen atoms in total. The highest BCUT2D eigenvalue weighted by Gasteiger charge is 2.54. The van der Waals surface area contributed by atoms with Crippen molar-refractivity contribution in [2.45, 2.75) is 0 Å². The molecule has 32 heavy (non-hydrogen) atoms. The SMILES string of the molecule is c1ccc(N2c3ccccc3[Si]3(c4cnccc4-c4ccncc43)c3cccnc32)cc1. The Labute approximate surface area is 186 Å². The smallest absolute Gasteiger partial charge is 0.190 e. The van der Waals surface area contributed by atoms with E-state index in [1.54, 1.807) is 0 Å². The molecule has 0 saturated carbocycles. The minimum absolute atomic E-state index is 0.996. The number of hydrogen-bond acceptors (Lipinski definition) is 4. The number of rotatable bonds is 1. The van der Waals surface area contributed by atoms with Gasteiger partial charge in [-0.1, -0.05) is 42.5 Å². The lowest BCUT2D eigenvalue weighted by molar-refractivity contribution is 1.19. The summed E-state index contributed by atoms with van der Waals surface area (Å²) in [6.45, 7) is 0. The number of benzene rings is 2. The highest BCUT2D eigenvalue weighted by molar-refractivity contribution is 7.23. The summed E-state index contributed by atoms with van der Waals surface area (Å²) in [5.74, 6) is 0.996. The van der Waals surface area contributed by atoms with Crippen LogP contribution in [0.2, 0.25) is 0 Å². The van der Waals surface area contributed by atoms with Gasteiger partial charge in [-0.15, -0.1) is 0 Å². The molecule has 0 radical (unpaired) electrons. The second-order valence-corrected chi connectivity index (χ2v) is 11.8. The number of pyridine rings is 3. The van der Waals surface area contributed by atoms with E-state index in [0.717, 1.165) is 11.5 Å². The molecule has 0 fully saturated rings. The predicted octanol–water partition coefficient (Wildman–Crippen LogP) is 3.01. The third-order valence-corrected chi connectivity index (χ3v) is 11.5. The molecule has 7 rings (SSSR count). The molecule has 5 aromatic rings. The van der Waals surface area contributed by atoms with E-state index in [1.165, 1.54) is 37.6 Å². The van der Waals surface area contributed by atoms with E-state index >= 15 is 0 Å². The van der Waals surface area contributed by atoms with Crippen LogP contribution in [0.1, 0.15) is 0 Å². The van der Waals surface area contributed by atoms with Gasteiger partial charge in [0, 0.05) is 42.4 Å². The standard InChI is InChI=1S/C27H18N4Si/c1-2-7-19(8-3-1)31-22-9-4-5-10-23(22)32(24-11-6-14-30-27(24)31)25-17-28-15-12-20(25)21-13-16-29-18-26(21)32/h1-18H. The largest absolute Gasteiger partial charge is 0.295 e. The summed E-state index contributed by atoms with van der Waals surface area (Å²) >= 11 is 0. The van der Waals surface area contributed by atoms with Gasteiger partial charge in [0.15, 0.2) is 8.07 Å². The normalized spacial score (nSPS) is 14.4. The van der Waals surface area contributed by atoms with Gasteiger partial charge in [0.05, 0.1) is 0 Å². The summed E-state index contributed by atoms with van der Waals surface area (Å²) in [4.78, 5) is 16.4. The van der Waals surface area contributed by atoms with Crippen molar-refractivity contribution in [1.29, 1.82) is 0 Å². The van der Waals surface area contributed by atoms with Crippen molar-refractivity contribution in [2.75, 3.05) is 4.90 Å². The van der Waals surface area contributed by atoms with Crippen molar-refractivity contribution < 1.29 is 0 Å². The topological polar surface area (TPSA) is 41.9 Å². The van der Waals surface area contributed by atoms with E-state index in [0.29, 0.717) is 0 Å². The highest BCUT2D eigenvalue weighted by atomic mass is 28.3. The Kier molecular flexibility index (Phi) is 3.54. The van der Waals surface area contributed by atoms with Gasteiger partial charge >= 0.3 is 0 Å². The molecule has 0 aliphatic carbocycles. The zero-order valence-electron chi connectivity index (χ0n) is 17.2. The maximum absolute atomic E-state index is 4.96. The minimum Gasteiger partial charge on any atom is -0.295 e. The maximum atomic E-state index is 4.96. The van der Waals surface area contributed by atoms with E-state index in [-0.39, 0.29) is 0 Å². The van der Waals surface area contributed by atoms with E-state index in [2.05, 4.69) is 106 Å². The number of fused-ring (bicyclic) bond motifs is 9. The lowest BCUT2D eigenvalue weighted by Crippen LogP contribution is -2.75. The molecular weight excluding hydrogens is 408 g/mol. The van der Waals surface area contributed by atoms with Crippen LogP contribution in [0, 0.1) is 0 Å². The number of nitrogens with zero attached hydrogens (tertiary/aromatic N) is 4. The molecule has 0 bridgehead atoms. The van der Waals surface area contributed by atoms with E-state index in [9.17, 15) is 0 Å². The van der Waals surface area contributed by atoms with E-state index in [1.807, 2.05) is 18.6 Å². The van der Waals surface area contributed by atoms with Crippen molar-refractivity contribution in [2.24, 2.45) is 0 Å². The van der Waals surface area contributed by atoms with Crippen LogP contribution in [0.25, 0.3) is 11.1 Å². The van der Waals surface area contributed by atoms with E-state index < -0.39 is 8.07 Å². The molecule has 150 valence electrons. The quantitative estimate of drug-likeness (QED) is 0.379. The Morgan fingerprint density at radius 3 is 1.97 bits per heavy atom. The van der Waals surface area contributed by atoms with Crippen LogP contribution in [0.5, 0.6) is 0 Å². The Morgan fingerprint density at radius 1 is 0.562 bits per heavy atom. The van der Waals surface area contributed by atoms with Crippen LogP contribution in [0.15, 0.2) is 110 Å². The molecule has 0 atom stereocenters. The van der Waals surface area contributed by atoms with Crippen molar-refractivity contribution in [1.82, 2.24) is 15.0 Å². The lowest BCUT2D eigenvalue weighted by atomic mass is 10.1. The molecule has 2 aliphatic heterocycles. The monoisotopic (exact) mass is 426 g/mol. The molecule has 1 spiro atoms. The summed E-state index contributed by atoms with van der Waals surface area (Å²) in [5, 5.41) is 5.27. The van der Waals surface area contributed by atoms with Gasteiger partial charge in [-0.3, -0.25) is 14.9 Å². The third kappa shape index (κ3) is 2.08. The Bertz CT molecular complexity index is 1400. The number of anilines is 3. The van der Waals surface area contributed by atoms with Gasteiger partial charge in [0.2, 0.25) is 0 Å². The molecule has 0 unspecified atom stereocenters. The summed E-state index contributed by atoms with van der Waals surface area (Å²) in [6, 6.07) is 27.9. The van der Waals surface area contributed by atoms with Crippen LogP contribution in [0.4, 0.5) is 17.2 Å². The summed E-state index contributed by atoms with van der Waals surface area (Å²) in [7, 11) is -2.61. The van der Waals surface area contributed by atoms with Crippen LogP contribution >= 0.6 is 0 Å². The first-order valence-electron chi connectivity index (χ1n) is 10.7. The van der Waals surface area contributed by atoms with Gasteiger partial charge in [0.1, 0.15) is 5.82 Å². The van der Waals surface area contributed by atoms with Gasteiger partial charge < -0.3 is 0 Å². The molecular formula is C27H18N4Si. The van der Waals surface area contributed by atoms with Gasteiger partial charge in [-0.2, -0.15) is 0 Å². The molecule has 5 heterocycles. The average molecular weight is 427 g/mol. The molecule has 0 amide bonds. The van der Waals surface area contributed by atoms with Crippen molar-refractivity contribution in [3.05, 3.63) is 110 Å². The molecule has 0 N–H and O–H groups in total. The summed E-state index contributed by atoms with van der Waals surface area (Å²) in [6.07, 6.45) is 9.84. The number of aromatic nitrogens is 3. The summed E-state index contributed by atoms with van der Waals surface area (Å²) < 4.78 is 0. The van der Waals surface area contributed by atoms with Crippen LogP contribution in [0.3, 0.4) is 0 Å². The molecule has 0 saturated heterocycles. The third-order valence-electron chi connectivity index (χ3n) is 6.71. The number of para-hydroxylation sites is 2. The Hall–Kier alpha value is -4.09. The van der Waals surface area contributed by atoms with E-state index in [4.69, 9.17) is 4.98 Å². The van der Waals surface area contributed by atoms with Gasteiger partial charge in [-0.25, -0.2) is 4.98 Å². The zero-order valence-corrected chi connectivity index (χ0v) is 18.2. The molecule has 3 aromatic heterocycles. The Balaban J connectivity index is 1.67. The fourth-order valence-electron chi connectivity index (χ4n) is 5.53. The second kappa shape index (κ2) is 6.45. The minimum atomic E-state index is -2.61.